The molecule has 15 heavy (non-hydrogen) atoms. The second kappa shape index (κ2) is 4.57. The Morgan fingerprint density at radius 2 is 1.93 bits per heavy atom. The third-order valence-corrected chi connectivity index (χ3v) is 2.30. The summed E-state index contributed by atoms with van der Waals surface area (Å²) in [5.74, 6) is 0.0833. The van der Waals surface area contributed by atoms with Gasteiger partial charge in [-0.15, -0.1) is 0 Å². The van der Waals surface area contributed by atoms with Gasteiger partial charge in [0, 0.05) is 5.56 Å². The number of aliphatic hydroxyl groups is 1. The van der Waals surface area contributed by atoms with E-state index in [2.05, 4.69) is 0 Å². The maximum absolute atomic E-state index is 12.6. The molecular formula is C11H14F2O2. The smallest absolute Gasteiger partial charge is 0.267 e. The minimum absolute atomic E-state index is 0.0833. The number of halogens is 2. The predicted molar refractivity (Wildman–Crippen MR) is 53.3 cm³/mol. The number of aryl methyl sites for hydroxylation is 1. The first kappa shape index (κ1) is 11.9. The Morgan fingerprint density at radius 1 is 1.33 bits per heavy atom. The molecule has 1 aromatic rings. The first-order valence-corrected chi connectivity index (χ1v) is 4.62. The molecule has 1 N–H and O–H groups in total. The number of benzene rings is 1. The van der Waals surface area contributed by atoms with Crippen LogP contribution in [-0.2, 0) is 0 Å². The fraction of sp³-hybridized carbons (Fsp3) is 0.455. The molecule has 0 aliphatic carbocycles. The van der Waals surface area contributed by atoms with Gasteiger partial charge in [-0.25, -0.2) is 8.78 Å². The van der Waals surface area contributed by atoms with Crippen molar-refractivity contribution >= 4 is 0 Å². The van der Waals surface area contributed by atoms with Crippen LogP contribution in [0.25, 0.3) is 0 Å². The first-order chi connectivity index (χ1) is 6.99. The van der Waals surface area contributed by atoms with Gasteiger partial charge < -0.3 is 9.84 Å². The minimum Gasteiger partial charge on any atom is -0.496 e. The molecule has 0 saturated carbocycles. The van der Waals surface area contributed by atoms with Gasteiger partial charge in [0.15, 0.2) is 0 Å². The Hall–Kier alpha value is -1.16. The van der Waals surface area contributed by atoms with Crippen LogP contribution >= 0.6 is 0 Å². The van der Waals surface area contributed by atoms with E-state index in [1.165, 1.54) is 20.1 Å². The topological polar surface area (TPSA) is 29.5 Å². The van der Waals surface area contributed by atoms with Crippen molar-refractivity contribution in [3.05, 3.63) is 28.8 Å². The molecule has 0 fully saturated rings. The number of alkyl halides is 2. The van der Waals surface area contributed by atoms with E-state index in [4.69, 9.17) is 4.74 Å². The molecule has 0 radical (unpaired) electrons. The van der Waals surface area contributed by atoms with Crippen LogP contribution in [0.15, 0.2) is 12.1 Å². The molecule has 0 amide bonds. The molecular weight excluding hydrogens is 202 g/mol. The summed E-state index contributed by atoms with van der Waals surface area (Å²) in [6.07, 6.45) is -3.42. The molecule has 1 aromatic carbocycles. The summed E-state index contributed by atoms with van der Waals surface area (Å²) in [6.45, 7) is 3.28. The summed E-state index contributed by atoms with van der Waals surface area (Å²) in [4.78, 5) is 0. The van der Waals surface area contributed by atoms with E-state index >= 15 is 0 Å². The Balaban J connectivity index is 3.40. The van der Waals surface area contributed by atoms with Crippen molar-refractivity contribution in [2.45, 2.75) is 26.4 Å². The van der Waals surface area contributed by atoms with Crippen molar-refractivity contribution in [2.24, 2.45) is 0 Å². The van der Waals surface area contributed by atoms with E-state index in [1.807, 2.05) is 0 Å². The monoisotopic (exact) mass is 216 g/mol. The molecule has 0 aliphatic rings. The average molecular weight is 216 g/mol. The highest BCUT2D eigenvalue weighted by molar-refractivity contribution is 5.47. The number of rotatable bonds is 3. The normalized spacial score (nSPS) is 13.0. The summed E-state index contributed by atoms with van der Waals surface area (Å²) in [7, 11) is 1.33. The fourth-order valence-corrected chi connectivity index (χ4v) is 1.63. The van der Waals surface area contributed by atoms with Crippen LogP contribution in [0, 0.1) is 6.92 Å². The lowest BCUT2D eigenvalue weighted by molar-refractivity contribution is 0.144. The standard InChI is InChI=1S/C11H14F2O2/c1-6-4-5-8(11(12)13)10(15-3)9(6)7(2)14/h4-5,7,11,14H,1-3H3. The Kier molecular flexibility index (Phi) is 3.63. The van der Waals surface area contributed by atoms with Crippen LogP contribution < -0.4 is 4.74 Å². The van der Waals surface area contributed by atoms with Crippen molar-refractivity contribution in [3.8, 4) is 5.75 Å². The highest BCUT2D eigenvalue weighted by Crippen LogP contribution is 2.36. The average Bonchev–Trinajstić information content (AvgIpc) is 2.15. The minimum atomic E-state index is -2.60. The molecule has 4 heteroatoms. The second-order valence-corrected chi connectivity index (χ2v) is 3.40. The highest BCUT2D eigenvalue weighted by atomic mass is 19.3. The van der Waals surface area contributed by atoms with Gasteiger partial charge in [0.2, 0.25) is 0 Å². The van der Waals surface area contributed by atoms with Crippen molar-refractivity contribution in [1.29, 1.82) is 0 Å². The van der Waals surface area contributed by atoms with Crippen molar-refractivity contribution in [2.75, 3.05) is 7.11 Å². The van der Waals surface area contributed by atoms with E-state index in [-0.39, 0.29) is 11.3 Å². The third kappa shape index (κ3) is 2.26. The molecule has 1 atom stereocenters. The molecule has 1 rings (SSSR count). The summed E-state index contributed by atoms with van der Waals surface area (Å²) in [5, 5.41) is 9.50. The lowest BCUT2D eigenvalue weighted by Gasteiger charge is -2.17. The highest BCUT2D eigenvalue weighted by Gasteiger charge is 2.20. The summed E-state index contributed by atoms with van der Waals surface area (Å²) in [5.41, 5.74) is 0.987. The number of aliphatic hydroxyl groups excluding tert-OH is 1. The lowest BCUT2D eigenvalue weighted by atomic mass is 9.99. The van der Waals surface area contributed by atoms with Gasteiger partial charge in [-0.3, -0.25) is 0 Å². The summed E-state index contributed by atoms with van der Waals surface area (Å²) in [6, 6.07) is 2.89. The zero-order valence-corrected chi connectivity index (χ0v) is 8.92. The molecule has 2 nitrogen and oxygen atoms in total. The number of methoxy groups -OCH3 is 1. The Bertz CT molecular complexity index is 349. The quantitative estimate of drug-likeness (QED) is 0.841. The van der Waals surface area contributed by atoms with Gasteiger partial charge >= 0.3 is 0 Å². The van der Waals surface area contributed by atoms with E-state index in [0.717, 1.165) is 5.56 Å². The summed E-state index contributed by atoms with van der Waals surface area (Å²) >= 11 is 0. The third-order valence-electron chi connectivity index (χ3n) is 2.30. The van der Waals surface area contributed by atoms with Crippen LogP contribution in [0.3, 0.4) is 0 Å². The Morgan fingerprint density at radius 3 is 2.33 bits per heavy atom. The summed E-state index contributed by atoms with van der Waals surface area (Å²) < 4.78 is 30.2. The second-order valence-electron chi connectivity index (χ2n) is 3.40. The number of hydrogen-bond acceptors (Lipinski definition) is 2. The number of ether oxygens (including phenoxy) is 1. The van der Waals surface area contributed by atoms with Crippen LogP contribution in [-0.4, -0.2) is 12.2 Å². The SMILES string of the molecule is COc1c(C(F)F)ccc(C)c1C(C)O. The maximum atomic E-state index is 12.6. The van der Waals surface area contributed by atoms with E-state index in [9.17, 15) is 13.9 Å². The van der Waals surface area contributed by atoms with Gasteiger partial charge in [0.1, 0.15) is 5.75 Å². The zero-order valence-electron chi connectivity index (χ0n) is 8.92. The predicted octanol–water partition coefficient (Wildman–Crippen LogP) is 2.99. The van der Waals surface area contributed by atoms with Crippen molar-refractivity contribution < 1.29 is 18.6 Å². The van der Waals surface area contributed by atoms with Crippen molar-refractivity contribution in [1.82, 2.24) is 0 Å². The molecule has 1 unspecified atom stereocenters. The molecule has 84 valence electrons. The van der Waals surface area contributed by atoms with Crippen LogP contribution in [0.5, 0.6) is 5.75 Å². The molecule has 0 saturated heterocycles. The molecule has 0 bridgehead atoms. The Labute approximate surface area is 87.5 Å². The largest absolute Gasteiger partial charge is 0.496 e. The van der Waals surface area contributed by atoms with Crippen LogP contribution in [0.4, 0.5) is 8.78 Å². The van der Waals surface area contributed by atoms with Gasteiger partial charge in [0.25, 0.3) is 6.43 Å². The molecule has 0 spiro atoms. The lowest BCUT2D eigenvalue weighted by Crippen LogP contribution is -2.03. The first-order valence-electron chi connectivity index (χ1n) is 4.62. The van der Waals surface area contributed by atoms with E-state index < -0.39 is 12.5 Å². The molecule has 0 heterocycles. The van der Waals surface area contributed by atoms with Gasteiger partial charge in [-0.1, -0.05) is 6.07 Å². The van der Waals surface area contributed by atoms with Gasteiger partial charge in [-0.2, -0.15) is 0 Å². The van der Waals surface area contributed by atoms with Crippen LogP contribution in [0.2, 0.25) is 0 Å². The fourth-order valence-electron chi connectivity index (χ4n) is 1.63. The molecule has 0 aliphatic heterocycles. The van der Waals surface area contributed by atoms with Gasteiger partial charge in [0.05, 0.1) is 18.8 Å². The maximum Gasteiger partial charge on any atom is 0.267 e. The van der Waals surface area contributed by atoms with E-state index in [0.29, 0.717) is 5.56 Å². The van der Waals surface area contributed by atoms with Gasteiger partial charge in [-0.05, 0) is 25.5 Å². The molecule has 0 aromatic heterocycles. The van der Waals surface area contributed by atoms with E-state index in [1.54, 1.807) is 13.0 Å². The van der Waals surface area contributed by atoms with Crippen LogP contribution in [0.1, 0.15) is 36.1 Å². The number of hydrogen-bond donors (Lipinski definition) is 1. The van der Waals surface area contributed by atoms with Crippen molar-refractivity contribution in [3.63, 3.8) is 0 Å². The zero-order chi connectivity index (χ0) is 11.6.